The van der Waals surface area contributed by atoms with Gasteiger partial charge in [0, 0.05) is 43.7 Å². The number of rotatable bonds is 4. The van der Waals surface area contributed by atoms with Crippen LogP contribution in [0.3, 0.4) is 0 Å². The summed E-state index contributed by atoms with van der Waals surface area (Å²) in [6, 6.07) is 5.45. The lowest BCUT2D eigenvalue weighted by Crippen LogP contribution is -2.45. The molecule has 1 aromatic rings. The van der Waals surface area contributed by atoms with Crippen LogP contribution in [0, 0.1) is 17.3 Å². The molecule has 2 saturated heterocycles. The van der Waals surface area contributed by atoms with E-state index in [2.05, 4.69) is 10.3 Å². The fraction of sp³-hybridized carbons (Fsp3) is 0.611. The van der Waals surface area contributed by atoms with E-state index in [-0.39, 0.29) is 23.7 Å². The van der Waals surface area contributed by atoms with Crippen molar-refractivity contribution in [1.29, 1.82) is 0 Å². The van der Waals surface area contributed by atoms with Crippen LogP contribution in [0.4, 0.5) is 4.39 Å². The highest BCUT2D eigenvalue weighted by atomic mass is 19.1. The summed E-state index contributed by atoms with van der Waals surface area (Å²) in [6.45, 7) is 1.89. The summed E-state index contributed by atoms with van der Waals surface area (Å²) in [4.78, 5) is 30.9. The molecule has 0 bridgehead atoms. The minimum Gasteiger partial charge on any atom is -0.477 e. The third-order valence-electron chi connectivity index (χ3n) is 5.86. The Morgan fingerprint density at radius 3 is 3.00 bits per heavy atom. The Hall–Kier alpha value is -2.18. The Morgan fingerprint density at radius 2 is 2.28 bits per heavy atom. The van der Waals surface area contributed by atoms with Gasteiger partial charge in [0.1, 0.15) is 6.17 Å². The van der Waals surface area contributed by atoms with E-state index in [1.54, 1.807) is 17.2 Å². The smallest absolute Gasteiger partial charge is 0.228 e. The van der Waals surface area contributed by atoms with E-state index in [0.717, 1.165) is 0 Å². The fourth-order valence-electron chi connectivity index (χ4n) is 4.16. The standard InChI is InChI=1S/C18H22FN3O3/c19-14-7-12(8-14)16(23)22-6-4-18(11-22)13(9-21-17(18)24)10-25-15-3-1-2-5-20-15/h1-3,5,12-14H,4,6-11H2,(H,21,24)/t12?,13-,14?,18+/m0/s1. The number of carbonyl (C=O) groups is 2. The quantitative estimate of drug-likeness (QED) is 0.888. The molecular formula is C18H22FN3O3. The third-order valence-corrected chi connectivity index (χ3v) is 5.86. The van der Waals surface area contributed by atoms with Crippen LogP contribution in [-0.2, 0) is 9.59 Å². The van der Waals surface area contributed by atoms with Crippen molar-refractivity contribution in [3.05, 3.63) is 24.4 Å². The topological polar surface area (TPSA) is 71.5 Å². The van der Waals surface area contributed by atoms with Crippen LogP contribution in [0.15, 0.2) is 24.4 Å². The van der Waals surface area contributed by atoms with Gasteiger partial charge in [-0.25, -0.2) is 9.37 Å². The lowest BCUT2D eigenvalue weighted by atomic mass is 9.77. The lowest BCUT2D eigenvalue weighted by Gasteiger charge is -2.33. The maximum Gasteiger partial charge on any atom is 0.228 e. The van der Waals surface area contributed by atoms with Crippen molar-refractivity contribution in [3.8, 4) is 5.88 Å². The second-order valence-electron chi connectivity index (χ2n) is 7.32. The molecule has 1 spiro atoms. The van der Waals surface area contributed by atoms with Crippen molar-refractivity contribution in [1.82, 2.24) is 15.2 Å². The molecule has 1 N–H and O–H groups in total. The molecule has 3 fully saturated rings. The fourth-order valence-corrected chi connectivity index (χ4v) is 4.16. The van der Waals surface area contributed by atoms with E-state index in [1.165, 1.54) is 0 Å². The highest BCUT2D eigenvalue weighted by molar-refractivity contribution is 5.88. The van der Waals surface area contributed by atoms with Crippen LogP contribution in [0.2, 0.25) is 0 Å². The zero-order chi connectivity index (χ0) is 17.4. The molecular weight excluding hydrogens is 325 g/mol. The average molecular weight is 347 g/mol. The molecule has 0 aromatic carbocycles. The predicted molar refractivity (Wildman–Crippen MR) is 87.5 cm³/mol. The lowest BCUT2D eigenvalue weighted by molar-refractivity contribution is -0.140. The van der Waals surface area contributed by atoms with Gasteiger partial charge in [0.25, 0.3) is 0 Å². The van der Waals surface area contributed by atoms with E-state index in [4.69, 9.17) is 4.74 Å². The number of ether oxygens (including phenoxy) is 1. The Kier molecular flexibility index (Phi) is 4.09. The van der Waals surface area contributed by atoms with E-state index in [1.807, 2.05) is 12.1 Å². The molecule has 1 saturated carbocycles. The van der Waals surface area contributed by atoms with Crippen molar-refractivity contribution >= 4 is 11.8 Å². The molecule has 2 amide bonds. The van der Waals surface area contributed by atoms with E-state index in [9.17, 15) is 14.0 Å². The second-order valence-corrected chi connectivity index (χ2v) is 7.32. The predicted octanol–water partition coefficient (Wildman–Crippen LogP) is 1.17. The van der Waals surface area contributed by atoms with Crippen molar-refractivity contribution < 1.29 is 18.7 Å². The van der Waals surface area contributed by atoms with Gasteiger partial charge in [-0.05, 0) is 25.3 Å². The molecule has 2 aliphatic heterocycles. The van der Waals surface area contributed by atoms with Crippen LogP contribution in [0.25, 0.3) is 0 Å². The van der Waals surface area contributed by atoms with Crippen LogP contribution in [0.1, 0.15) is 19.3 Å². The number of hydrogen-bond acceptors (Lipinski definition) is 4. The van der Waals surface area contributed by atoms with Gasteiger partial charge in [-0.1, -0.05) is 6.07 Å². The van der Waals surface area contributed by atoms with Crippen molar-refractivity contribution in [2.24, 2.45) is 17.3 Å². The van der Waals surface area contributed by atoms with Gasteiger partial charge < -0.3 is 15.0 Å². The summed E-state index contributed by atoms with van der Waals surface area (Å²) >= 11 is 0. The number of amides is 2. The number of nitrogens with zero attached hydrogens (tertiary/aromatic N) is 2. The number of hydrogen-bond donors (Lipinski definition) is 1. The summed E-state index contributed by atoms with van der Waals surface area (Å²) < 4.78 is 18.8. The van der Waals surface area contributed by atoms with Gasteiger partial charge in [-0.3, -0.25) is 9.59 Å². The average Bonchev–Trinajstić information content (AvgIpc) is 3.17. The van der Waals surface area contributed by atoms with Crippen LogP contribution in [0.5, 0.6) is 5.88 Å². The SMILES string of the molecule is O=C(C1CC(F)C1)N1CC[C@]2(C1)C(=O)NC[C@H]2COc1ccccn1. The molecule has 7 heteroatoms. The number of alkyl halides is 1. The number of nitrogens with one attached hydrogen (secondary N) is 1. The molecule has 1 aliphatic carbocycles. The molecule has 134 valence electrons. The molecule has 4 rings (SSSR count). The molecule has 0 unspecified atom stereocenters. The minimum atomic E-state index is -0.847. The number of carbonyl (C=O) groups excluding carboxylic acids is 2. The van der Waals surface area contributed by atoms with Crippen LogP contribution >= 0.6 is 0 Å². The second kappa shape index (κ2) is 6.28. The zero-order valence-corrected chi connectivity index (χ0v) is 14.0. The zero-order valence-electron chi connectivity index (χ0n) is 14.0. The first-order valence-corrected chi connectivity index (χ1v) is 8.83. The summed E-state index contributed by atoms with van der Waals surface area (Å²) in [5.41, 5.74) is -0.594. The van der Waals surface area contributed by atoms with Crippen LogP contribution in [-0.4, -0.2) is 54.1 Å². The van der Waals surface area contributed by atoms with Gasteiger partial charge in [-0.15, -0.1) is 0 Å². The molecule has 3 aliphatic rings. The first-order chi connectivity index (χ1) is 12.1. The van der Waals surface area contributed by atoms with E-state index < -0.39 is 11.6 Å². The van der Waals surface area contributed by atoms with E-state index in [0.29, 0.717) is 51.4 Å². The Balaban J connectivity index is 1.42. The summed E-state index contributed by atoms with van der Waals surface area (Å²) in [7, 11) is 0. The molecule has 1 aromatic heterocycles. The molecule has 2 atom stereocenters. The van der Waals surface area contributed by atoms with Gasteiger partial charge in [0.05, 0.1) is 12.0 Å². The maximum atomic E-state index is 13.0. The Morgan fingerprint density at radius 1 is 1.44 bits per heavy atom. The van der Waals surface area contributed by atoms with Crippen molar-refractivity contribution in [2.75, 3.05) is 26.2 Å². The van der Waals surface area contributed by atoms with Gasteiger partial charge >= 0.3 is 0 Å². The molecule has 25 heavy (non-hydrogen) atoms. The Bertz CT molecular complexity index is 665. The highest BCUT2D eigenvalue weighted by Crippen LogP contribution is 2.43. The first-order valence-electron chi connectivity index (χ1n) is 8.83. The summed E-state index contributed by atoms with van der Waals surface area (Å²) in [5.74, 6) is 0.309. The van der Waals surface area contributed by atoms with Crippen molar-refractivity contribution in [3.63, 3.8) is 0 Å². The van der Waals surface area contributed by atoms with Gasteiger partial charge in [0.2, 0.25) is 17.7 Å². The Labute approximate surface area is 145 Å². The van der Waals surface area contributed by atoms with Crippen LogP contribution < -0.4 is 10.1 Å². The number of aromatic nitrogens is 1. The molecule has 0 radical (unpaired) electrons. The summed E-state index contributed by atoms with van der Waals surface area (Å²) in [6.07, 6.45) is 2.09. The third kappa shape index (κ3) is 2.85. The highest BCUT2D eigenvalue weighted by Gasteiger charge is 2.55. The normalized spacial score (nSPS) is 34.0. The monoisotopic (exact) mass is 347 g/mol. The van der Waals surface area contributed by atoms with Crippen molar-refractivity contribution in [2.45, 2.75) is 25.4 Å². The minimum absolute atomic E-state index is 0.00452. The molecule has 3 heterocycles. The number of likely N-dealkylation sites (tertiary alicyclic amines) is 1. The van der Waals surface area contributed by atoms with E-state index >= 15 is 0 Å². The molecule has 6 nitrogen and oxygen atoms in total. The first kappa shape index (κ1) is 16.3. The van der Waals surface area contributed by atoms with Gasteiger partial charge in [-0.2, -0.15) is 0 Å². The van der Waals surface area contributed by atoms with Gasteiger partial charge in [0.15, 0.2) is 0 Å². The number of pyridine rings is 1. The maximum absolute atomic E-state index is 13.0. The summed E-state index contributed by atoms with van der Waals surface area (Å²) in [5, 5.41) is 2.93. The number of halogens is 1. The largest absolute Gasteiger partial charge is 0.477 e.